The molecule has 0 saturated heterocycles. The molecule has 0 unspecified atom stereocenters. The van der Waals surface area contributed by atoms with Crippen molar-refractivity contribution in [1.82, 2.24) is 14.2 Å². The zero-order valence-electron chi connectivity index (χ0n) is 32.0. The van der Waals surface area contributed by atoms with E-state index in [2.05, 4.69) is 4.98 Å². The Hall–Kier alpha value is -5.00. The number of carbonyl (C=O) groups excluding carboxylic acids is 1. The summed E-state index contributed by atoms with van der Waals surface area (Å²) in [6.45, 7) is 6.33. The maximum Gasteiger partial charge on any atom is 0.416 e. The Morgan fingerprint density at radius 2 is 1.16 bits per heavy atom. The van der Waals surface area contributed by atoms with Crippen molar-refractivity contribution in [1.29, 1.82) is 0 Å². The number of sulfonamides is 1. The fourth-order valence-electron chi connectivity index (χ4n) is 6.98. The van der Waals surface area contributed by atoms with Gasteiger partial charge < -0.3 is 9.64 Å². The van der Waals surface area contributed by atoms with Crippen LogP contribution in [0.4, 0.5) is 18.0 Å². The van der Waals surface area contributed by atoms with Crippen LogP contribution in [0.1, 0.15) is 81.5 Å². The molecule has 1 aliphatic rings. The van der Waals surface area contributed by atoms with Crippen LogP contribution in [0.25, 0.3) is 22.3 Å². The second-order valence-corrected chi connectivity index (χ2v) is 17.3. The highest BCUT2D eigenvalue weighted by Gasteiger charge is 2.31. The first-order valence-electron chi connectivity index (χ1n) is 19.0. The fourth-order valence-corrected chi connectivity index (χ4v) is 8.40. The highest BCUT2D eigenvalue weighted by atomic mass is 32.2. The summed E-state index contributed by atoms with van der Waals surface area (Å²) in [6.07, 6.45) is 5.08. The minimum Gasteiger partial charge on any atom is -0.444 e. The van der Waals surface area contributed by atoms with Gasteiger partial charge in [0.05, 0.1) is 10.5 Å². The summed E-state index contributed by atoms with van der Waals surface area (Å²) in [7, 11) is -4.01. The van der Waals surface area contributed by atoms with E-state index in [0.29, 0.717) is 17.7 Å². The van der Waals surface area contributed by atoms with Gasteiger partial charge in [0.1, 0.15) is 5.60 Å². The number of amides is 1. The highest BCUT2D eigenvalue weighted by Crippen LogP contribution is 2.32. The van der Waals surface area contributed by atoms with Crippen molar-refractivity contribution in [2.75, 3.05) is 0 Å². The molecule has 1 fully saturated rings. The van der Waals surface area contributed by atoms with Gasteiger partial charge in [0.25, 0.3) is 0 Å². The number of hydrogen-bond acceptors (Lipinski definition) is 5. The maximum atomic E-state index is 14.1. The normalized spacial score (nSPS) is 14.3. The number of ether oxygens (including phenoxy) is 1. The standard InChI is InChI=1S/C45H48F3N3O4S/c1-44(2,3)55-43(52)51(41-10-6-4-5-7-11-41)32-34-14-18-37(19-15-34)36-16-12-33(13-17-36)30-50(31-35-9-8-28-49-29-35)56(53,54)42-26-22-39(23-27-42)38-20-24-40(25-21-38)45(46,47)48/h8-9,12-29,41H,4-7,10-11,30-32H2,1-3H3. The van der Waals surface area contributed by atoms with E-state index in [1.807, 2.05) is 80.3 Å². The Bertz CT molecular complexity index is 2150. The second kappa shape index (κ2) is 17.4. The summed E-state index contributed by atoms with van der Waals surface area (Å²) in [5.41, 5.74) is 4.30. The predicted molar refractivity (Wildman–Crippen MR) is 213 cm³/mol. The van der Waals surface area contributed by atoms with Crippen molar-refractivity contribution in [3.8, 4) is 22.3 Å². The van der Waals surface area contributed by atoms with E-state index < -0.39 is 27.4 Å². The SMILES string of the molecule is CC(C)(C)OC(=O)N(Cc1ccc(-c2ccc(CN(Cc3cccnc3)S(=O)(=O)c3ccc(-c4ccc(C(F)(F)F)cc4)cc3)cc2)cc1)C1CCCCCC1. The first-order valence-corrected chi connectivity index (χ1v) is 20.4. The zero-order chi connectivity index (χ0) is 39.9. The van der Waals surface area contributed by atoms with Gasteiger partial charge in [-0.2, -0.15) is 17.5 Å². The number of benzene rings is 4. The largest absolute Gasteiger partial charge is 0.444 e. The summed E-state index contributed by atoms with van der Waals surface area (Å²) in [4.78, 5) is 19.5. The van der Waals surface area contributed by atoms with Gasteiger partial charge in [-0.25, -0.2) is 13.2 Å². The molecule has 4 aromatic carbocycles. The molecular weight excluding hydrogens is 736 g/mol. The van der Waals surface area contributed by atoms with E-state index in [-0.39, 0.29) is 30.1 Å². The summed E-state index contributed by atoms with van der Waals surface area (Å²) >= 11 is 0. The van der Waals surface area contributed by atoms with Gasteiger partial charge in [-0.3, -0.25) is 4.98 Å². The molecule has 1 amide bonds. The summed E-state index contributed by atoms with van der Waals surface area (Å²) in [5.74, 6) is 0. The maximum absolute atomic E-state index is 14.1. The Kier molecular flexibility index (Phi) is 12.7. The molecule has 1 heterocycles. The number of rotatable bonds is 11. The first-order chi connectivity index (χ1) is 26.7. The van der Waals surface area contributed by atoms with E-state index in [9.17, 15) is 26.4 Å². The molecule has 0 radical (unpaired) electrons. The molecule has 7 nitrogen and oxygen atoms in total. The summed E-state index contributed by atoms with van der Waals surface area (Å²) < 4.78 is 74.7. The lowest BCUT2D eigenvalue weighted by atomic mass is 10.0. The minimum atomic E-state index is -4.44. The Labute approximate surface area is 328 Å². The Morgan fingerprint density at radius 3 is 1.64 bits per heavy atom. The van der Waals surface area contributed by atoms with Crippen molar-refractivity contribution in [2.45, 2.75) is 102 Å². The molecule has 11 heteroatoms. The summed E-state index contributed by atoms with van der Waals surface area (Å²) in [6, 6.07) is 30.6. The van der Waals surface area contributed by atoms with E-state index >= 15 is 0 Å². The fraction of sp³-hybridized carbons (Fsp3) is 0.333. The van der Waals surface area contributed by atoms with Gasteiger partial charge >= 0.3 is 12.3 Å². The molecular formula is C45H48F3N3O4S. The topological polar surface area (TPSA) is 79.8 Å². The van der Waals surface area contributed by atoms with Crippen molar-refractivity contribution < 1.29 is 31.1 Å². The van der Waals surface area contributed by atoms with E-state index in [4.69, 9.17) is 4.74 Å². The van der Waals surface area contributed by atoms with Crippen LogP contribution in [0.5, 0.6) is 0 Å². The number of carbonyl (C=O) groups is 1. The smallest absolute Gasteiger partial charge is 0.416 e. The predicted octanol–water partition coefficient (Wildman–Crippen LogP) is 11.3. The Balaban J connectivity index is 1.17. The third-order valence-corrected chi connectivity index (χ3v) is 11.8. The van der Waals surface area contributed by atoms with Crippen molar-refractivity contribution >= 4 is 16.1 Å². The van der Waals surface area contributed by atoms with Crippen molar-refractivity contribution in [2.24, 2.45) is 0 Å². The zero-order valence-corrected chi connectivity index (χ0v) is 32.8. The van der Waals surface area contributed by atoms with E-state index in [1.165, 1.54) is 41.4 Å². The van der Waals surface area contributed by atoms with Crippen LogP contribution in [-0.2, 0) is 40.6 Å². The molecule has 1 saturated carbocycles. The molecule has 1 aliphatic carbocycles. The van der Waals surface area contributed by atoms with Gasteiger partial charge in [-0.15, -0.1) is 0 Å². The van der Waals surface area contributed by atoms with Crippen LogP contribution < -0.4 is 0 Å². The van der Waals surface area contributed by atoms with Crippen molar-refractivity contribution in [3.63, 3.8) is 0 Å². The number of pyridine rings is 1. The number of halogens is 3. The van der Waals surface area contributed by atoms with E-state index in [0.717, 1.165) is 65.6 Å². The monoisotopic (exact) mass is 783 g/mol. The van der Waals surface area contributed by atoms with Crippen LogP contribution in [-0.4, -0.2) is 40.3 Å². The van der Waals surface area contributed by atoms with Gasteiger partial charge in [0.2, 0.25) is 10.0 Å². The molecule has 0 N–H and O–H groups in total. The molecule has 0 bridgehead atoms. The van der Waals surface area contributed by atoms with E-state index in [1.54, 1.807) is 30.6 Å². The third-order valence-electron chi connectivity index (χ3n) is 9.97. The quantitative estimate of drug-likeness (QED) is 0.125. The van der Waals surface area contributed by atoms with Crippen molar-refractivity contribution in [3.05, 3.63) is 144 Å². The lowest BCUT2D eigenvalue weighted by molar-refractivity contribution is -0.137. The average molecular weight is 784 g/mol. The lowest BCUT2D eigenvalue weighted by Gasteiger charge is -2.33. The number of hydrogen-bond donors (Lipinski definition) is 0. The molecule has 0 aliphatic heterocycles. The molecule has 6 rings (SSSR count). The molecule has 5 aromatic rings. The van der Waals surface area contributed by atoms with Crippen LogP contribution in [0.3, 0.4) is 0 Å². The molecule has 0 atom stereocenters. The van der Waals surface area contributed by atoms with Gasteiger partial charge in [-0.1, -0.05) is 105 Å². The minimum absolute atomic E-state index is 0.0676. The molecule has 1 aromatic heterocycles. The Morgan fingerprint density at radius 1 is 0.679 bits per heavy atom. The third kappa shape index (κ3) is 10.6. The van der Waals surface area contributed by atoms with Gasteiger partial charge in [0.15, 0.2) is 0 Å². The average Bonchev–Trinajstić information content (AvgIpc) is 3.46. The van der Waals surface area contributed by atoms with Gasteiger partial charge in [-0.05, 0) is 103 Å². The van der Waals surface area contributed by atoms with Crippen LogP contribution >= 0.6 is 0 Å². The van der Waals surface area contributed by atoms with Gasteiger partial charge in [0, 0.05) is 38.1 Å². The van der Waals surface area contributed by atoms with Crippen LogP contribution in [0.15, 0.2) is 126 Å². The number of aromatic nitrogens is 1. The summed E-state index contributed by atoms with van der Waals surface area (Å²) in [5, 5.41) is 0. The molecule has 0 spiro atoms. The highest BCUT2D eigenvalue weighted by molar-refractivity contribution is 7.89. The molecule has 56 heavy (non-hydrogen) atoms. The van der Waals surface area contributed by atoms with Crippen LogP contribution in [0.2, 0.25) is 0 Å². The molecule has 294 valence electrons. The number of alkyl halides is 3. The first kappa shape index (κ1) is 40.7. The van der Waals surface area contributed by atoms with Crippen LogP contribution in [0, 0.1) is 0 Å². The lowest BCUT2D eigenvalue weighted by Crippen LogP contribution is -2.42. The number of nitrogens with zero attached hydrogens (tertiary/aromatic N) is 3. The second-order valence-electron chi connectivity index (χ2n) is 15.4.